The van der Waals surface area contributed by atoms with E-state index in [0.717, 1.165) is 0 Å². The molecule has 0 aliphatic heterocycles. The third-order valence-electron chi connectivity index (χ3n) is 3.41. The fourth-order valence-electron chi connectivity index (χ4n) is 2.05. The van der Waals surface area contributed by atoms with E-state index in [4.69, 9.17) is 10.8 Å². The first-order valence-electron chi connectivity index (χ1n) is 7.08. The van der Waals surface area contributed by atoms with Crippen molar-refractivity contribution in [2.24, 2.45) is 5.73 Å². The third kappa shape index (κ3) is 4.66. The van der Waals surface area contributed by atoms with Crippen LogP contribution in [0.25, 0.3) is 0 Å². The van der Waals surface area contributed by atoms with Gasteiger partial charge in [-0.2, -0.15) is 0 Å². The molecule has 0 aliphatic carbocycles. The molecule has 0 bridgehead atoms. The quantitative estimate of drug-likeness (QED) is 0.300. The van der Waals surface area contributed by atoms with Crippen molar-refractivity contribution in [2.75, 3.05) is 12.4 Å². The fourth-order valence-corrected chi connectivity index (χ4v) is 3.10. The van der Waals surface area contributed by atoms with Gasteiger partial charge < -0.3 is 26.2 Å². The molecule has 0 aromatic carbocycles. The predicted molar refractivity (Wildman–Crippen MR) is 86.3 cm³/mol. The lowest BCUT2D eigenvalue weighted by atomic mass is 10.0. The molecule has 9 nitrogen and oxygen atoms in total. The molecule has 1 heterocycles. The van der Waals surface area contributed by atoms with Gasteiger partial charge in [-0.25, -0.2) is 4.79 Å². The van der Waals surface area contributed by atoms with Gasteiger partial charge in [-0.1, -0.05) is 6.92 Å². The molecule has 0 aliphatic rings. The Kier molecular flexibility index (Phi) is 7.45. The summed E-state index contributed by atoms with van der Waals surface area (Å²) >= 11 is 1.23. The topological polar surface area (TPSA) is 162 Å². The van der Waals surface area contributed by atoms with Crippen molar-refractivity contribution >= 4 is 11.8 Å². The van der Waals surface area contributed by atoms with Crippen molar-refractivity contribution in [2.45, 2.75) is 43.6 Å². The number of hydrogen-bond donors (Lipinski definition) is 6. The van der Waals surface area contributed by atoms with Crippen molar-refractivity contribution in [3.63, 3.8) is 0 Å². The van der Waals surface area contributed by atoms with Crippen molar-refractivity contribution in [1.29, 1.82) is 0 Å². The average Bonchev–Trinajstić information content (AvgIpc) is 2.53. The van der Waals surface area contributed by atoms with Crippen LogP contribution in [-0.4, -0.2) is 66.7 Å². The number of aliphatic hydroxyl groups is 4. The second-order valence-corrected chi connectivity index (χ2v) is 6.53. The van der Waals surface area contributed by atoms with E-state index in [9.17, 15) is 24.9 Å². The normalized spacial score (nSPS) is 18.2. The molecule has 5 atom stereocenters. The minimum absolute atomic E-state index is 0.295. The highest BCUT2D eigenvalue weighted by atomic mass is 32.2. The second-order valence-electron chi connectivity index (χ2n) is 5.13. The number of H-pyrrole nitrogens is 1. The number of nitrogens with one attached hydrogen (secondary N) is 1. The van der Waals surface area contributed by atoms with E-state index in [2.05, 4.69) is 4.98 Å². The lowest BCUT2D eigenvalue weighted by Gasteiger charge is -2.32. The van der Waals surface area contributed by atoms with Gasteiger partial charge in [-0.15, -0.1) is 11.8 Å². The van der Waals surface area contributed by atoms with E-state index >= 15 is 0 Å². The molecule has 0 spiro atoms. The second kappa shape index (κ2) is 8.62. The highest BCUT2D eigenvalue weighted by Gasteiger charge is 2.35. The van der Waals surface area contributed by atoms with E-state index in [1.165, 1.54) is 29.4 Å². The summed E-state index contributed by atoms with van der Waals surface area (Å²) in [6.07, 6.45) is -3.48. The number of nitrogens with zero attached hydrogens (tertiary/aromatic N) is 1. The van der Waals surface area contributed by atoms with Gasteiger partial charge in [0.05, 0.1) is 12.6 Å². The number of aliphatic hydroxyl groups excluding tert-OH is 4. The van der Waals surface area contributed by atoms with Crippen molar-refractivity contribution in [3.05, 3.63) is 32.6 Å². The van der Waals surface area contributed by atoms with Gasteiger partial charge in [0.1, 0.15) is 23.7 Å². The number of hydrogen-bond acceptors (Lipinski definition) is 8. The first kappa shape index (κ1) is 19.9. The molecular formula is C13H23N3O6S. The zero-order valence-electron chi connectivity index (χ0n) is 12.9. The zero-order valence-corrected chi connectivity index (χ0v) is 13.7. The molecule has 1 rings (SSSR count). The predicted octanol–water partition coefficient (Wildman–Crippen LogP) is -2.50. The summed E-state index contributed by atoms with van der Waals surface area (Å²) in [6, 6.07) is -1.13. The van der Waals surface area contributed by atoms with Crippen molar-refractivity contribution < 1.29 is 20.4 Å². The molecule has 5 unspecified atom stereocenters. The molecule has 0 radical (unpaired) electrons. The Morgan fingerprint density at radius 3 is 2.43 bits per heavy atom. The molecule has 1 aromatic heterocycles. The van der Waals surface area contributed by atoms with E-state index in [1.807, 2.05) is 6.92 Å². The maximum Gasteiger partial charge on any atom is 0.329 e. The zero-order chi connectivity index (χ0) is 17.7. The third-order valence-corrected chi connectivity index (χ3v) is 4.63. The van der Waals surface area contributed by atoms with Crippen molar-refractivity contribution in [3.8, 4) is 0 Å². The maximum atomic E-state index is 12.0. The van der Waals surface area contributed by atoms with Gasteiger partial charge in [0.15, 0.2) is 0 Å². The van der Waals surface area contributed by atoms with E-state index in [0.29, 0.717) is 11.3 Å². The molecule has 10 heteroatoms. The Hall–Kier alpha value is -1.17. The monoisotopic (exact) mass is 349 g/mol. The van der Waals surface area contributed by atoms with Crippen LogP contribution in [0, 0.1) is 6.92 Å². The van der Waals surface area contributed by atoms with Crippen LogP contribution in [0.15, 0.2) is 15.8 Å². The number of nitrogens with two attached hydrogens (primary N) is 1. The highest BCUT2D eigenvalue weighted by molar-refractivity contribution is 7.99. The average molecular weight is 349 g/mol. The molecular weight excluding hydrogens is 326 g/mol. The summed E-state index contributed by atoms with van der Waals surface area (Å²) < 4.78 is 1.18. The van der Waals surface area contributed by atoms with Crippen LogP contribution < -0.4 is 17.0 Å². The van der Waals surface area contributed by atoms with Crippen LogP contribution >= 0.6 is 11.8 Å². The van der Waals surface area contributed by atoms with Gasteiger partial charge in [-0.3, -0.25) is 14.3 Å². The first-order valence-corrected chi connectivity index (χ1v) is 8.13. The highest BCUT2D eigenvalue weighted by Crippen LogP contribution is 2.26. The Bertz CT molecular complexity index is 618. The molecule has 0 saturated heterocycles. The maximum absolute atomic E-state index is 12.0. The summed E-state index contributed by atoms with van der Waals surface area (Å²) in [7, 11) is 0. The fraction of sp³-hybridized carbons (Fsp3) is 0.692. The summed E-state index contributed by atoms with van der Waals surface area (Å²) in [5, 5.41) is 37.4. The minimum Gasteiger partial charge on any atom is -0.394 e. The van der Waals surface area contributed by atoms with Gasteiger partial charge in [0.25, 0.3) is 5.56 Å². The van der Waals surface area contributed by atoms with Crippen LogP contribution in [0.1, 0.15) is 17.9 Å². The summed E-state index contributed by atoms with van der Waals surface area (Å²) in [5.74, 6) is 0.550. The summed E-state index contributed by atoms with van der Waals surface area (Å²) in [4.78, 5) is 25.6. The number of thioether (sulfide) groups is 1. The van der Waals surface area contributed by atoms with Crippen LogP contribution in [0.2, 0.25) is 0 Å². The van der Waals surface area contributed by atoms with Crippen molar-refractivity contribution in [1.82, 2.24) is 9.55 Å². The van der Waals surface area contributed by atoms with E-state index in [1.54, 1.807) is 0 Å². The molecule has 0 saturated carbocycles. The van der Waals surface area contributed by atoms with Gasteiger partial charge in [-0.05, 0) is 12.7 Å². The van der Waals surface area contributed by atoms with Crippen LogP contribution in [0.4, 0.5) is 0 Å². The van der Waals surface area contributed by atoms with E-state index < -0.39 is 47.6 Å². The summed E-state index contributed by atoms with van der Waals surface area (Å²) in [6.45, 7) is 2.60. The lowest BCUT2D eigenvalue weighted by Crippen LogP contribution is -2.53. The Morgan fingerprint density at radius 2 is 1.91 bits per heavy atom. The molecule has 0 fully saturated rings. The first-order chi connectivity index (χ1) is 10.7. The van der Waals surface area contributed by atoms with Gasteiger partial charge >= 0.3 is 5.69 Å². The van der Waals surface area contributed by atoms with Crippen LogP contribution in [-0.2, 0) is 0 Å². The SMILES string of the molecule is CCSC(C(N)C(O)C(O)C(O)CO)n1cc(C)c(=O)[nH]c1=O. The largest absolute Gasteiger partial charge is 0.394 e. The van der Waals surface area contributed by atoms with Gasteiger partial charge in [0, 0.05) is 11.8 Å². The Morgan fingerprint density at radius 1 is 1.30 bits per heavy atom. The molecule has 1 aromatic rings. The number of aryl methyl sites for hydroxylation is 1. The smallest absolute Gasteiger partial charge is 0.329 e. The van der Waals surface area contributed by atoms with Crippen LogP contribution in [0.5, 0.6) is 0 Å². The lowest BCUT2D eigenvalue weighted by molar-refractivity contribution is -0.0850. The number of aromatic amines is 1. The molecule has 7 N–H and O–H groups in total. The van der Waals surface area contributed by atoms with Gasteiger partial charge in [0.2, 0.25) is 0 Å². The Balaban J connectivity index is 3.18. The summed E-state index contributed by atoms with van der Waals surface area (Å²) in [5.41, 5.74) is 5.04. The molecule has 23 heavy (non-hydrogen) atoms. The molecule has 0 amide bonds. The number of aromatic nitrogens is 2. The minimum atomic E-state index is -1.67. The Labute approximate surface area is 136 Å². The standard InChI is InChI=1S/C13H23N3O6S/c1-3-23-12(8(14)10(20)9(19)7(18)5-17)16-4-6(2)11(21)15-13(16)22/h4,7-10,12,17-20H,3,5,14H2,1-2H3,(H,15,21,22). The van der Waals surface area contributed by atoms with Crippen LogP contribution in [0.3, 0.4) is 0 Å². The molecule has 132 valence electrons. The number of rotatable bonds is 8. The van der Waals surface area contributed by atoms with E-state index in [-0.39, 0.29) is 0 Å².